The molecule has 2 N–H and O–H groups in total. The first kappa shape index (κ1) is 15.9. The summed E-state index contributed by atoms with van der Waals surface area (Å²) < 4.78 is 1.66. The molecular formula is C17H14N8OS. The Hall–Kier alpha value is -3.27. The first-order chi connectivity index (χ1) is 13.2. The van der Waals surface area contributed by atoms with Gasteiger partial charge in [-0.25, -0.2) is 15.0 Å². The van der Waals surface area contributed by atoms with Crippen molar-refractivity contribution in [2.75, 3.05) is 11.1 Å². The van der Waals surface area contributed by atoms with Gasteiger partial charge in [-0.15, -0.1) is 11.8 Å². The Kier molecular flexibility index (Phi) is 3.64. The molecule has 27 heavy (non-hydrogen) atoms. The number of rotatable bonds is 2. The van der Waals surface area contributed by atoms with Crippen molar-refractivity contribution in [3.8, 4) is 5.82 Å². The third-order valence-electron chi connectivity index (χ3n) is 4.42. The first-order valence-corrected chi connectivity index (χ1v) is 9.32. The smallest absolute Gasteiger partial charge is 0.235 e. The highest BCUT2D eigenvalue weighted by molar-refractivity contribution is 8.00. The monoisotopic (exact) mass is 378 g/mol. The number of carbonyl (C=O) groups excluding carboxylic acids is 1. The second-order valence-corrected chi connectivity index (χ2v) is 7.17. The molecule has 0 aromatic carbocycles. The van der Waals surface area contributed by atoms with Crippen LogP contribution in [0.3, 0.4) is 0 Å². The molecule has 5 heterocycles. The molecule has 0 fully saturated rings. The summed E-state index contributed by atoms with van der Waals surface area (Å²) in [6.45, 7) is 1.94. The van der Waals surface area contributed by atoms with Gasteiger partial charge in [0, 0.05) is 18.0 Å². The molecule has 1 atom stereocenters. The quantitative estimate of drug-likeness (QED) is 0.548. The molecule has 5 rings (SSSR count). The summed E-state index contributed by atoms with van der Waals surface area (Å²) in [6.07, 6.45) is 6.52. The molecule has 4 aromatic heterocycles. The molecule has 9 nitrogen and oxygen atoms in total. The Morgan fingerprint density at radius 1 is 1.22 bits per heavy atom. The van der Waals surface area contributed by atoms with Crippen LogP contribution in [0.1, 0.15) is 22.1 Å². The van der Waals surface area contributed by atoms with Crippen molar-refractivity contribution in [2.24, 2.45) is 0 Å². The lowest BCUT2D eigenvalue weighted by atomic mass is 10.1. The molecule has 134 valence electrons. The van der Waals surface area contributed by atoms with Crippen LogP contribution in [0.15, 0.2) is 37.2 Å². The molecule has 1 aliphatic rings. The van der Waals surface area contributed by atoms with Crippen LogP contribution in [-0.4, -0.2) is 46.4 Å². The number of amides is 1. The van der Waals surface area contributed by atoms with E-state index in [0.29, 0.717) is 28.6 Å². The predicted molar refractivity (Wildman–Crippen MR) is 101 cm³/mol. The number of carbonyl (C=O) groups is 1. The maximum absolute atomic E-state index is 12.4. The molecule has 1 aliphatic heterocycles. The number of fused-ring (bicyclic) bond motifs is 2. The first-order valence-electron chi connectivity index (χ1n) is 8.27. The van der Waals surface area contributed by atoms with Gasteiger partial charge in [0.15, 0.2) is 11.5 Å². The van der Waals surface area contributed by atoms with E-state index in [0.717, 1.165) is 16.8 Å². The Morgan fingerprint density at radius 2 is 2.07 bits per heavy atom. The van der Waals surface area contributed by atoms with Gasteiger partial charge in [0.1, 0.15) is 17.7 Å². The lowest BCUT2D eigenvalue weighted by Crippen LogP contribution is -2.16. The van der Waals surface area contributed by atoms with Crippen LogP contribution in [0.4, 0.5) is 5.82 Å². The van der Waals surface area contributed by atoms with Crippen LogP contribution in [0, 0.1) is 6.92 Å². The lowest BCUT2D eigenvalue weighted by molar-refractivity contribution is -0.113. The van der Waals surface area contributed by atoms with Gasteiger partial charge in [-0.05, 0) is 24.6 Å². The van der Waals surface area contributed by atoms with Gasteiger partial charge < -0.3 is 10.3 Å². The zero-order chi connectivity index (χ0) is 18.4. The van der Waals surface area contributed by atoms with Crippen LogP contribution in [0.5, 0.6) is 0 Å². The van der Waals surface area contributed by atoms with Crippen LogP contribution in [-0.2, 0) is 4.79 Å². The van der Waals surface area contributed by atoms with Gasteiger partial charge in [0.2, 0.25) is 5.91 Å². The van der Waals surface area contributed by atoms with Gasteiger partial charge in [-0.3, -0.25) is 9.78 Å². The second-order valence-electron chi connectivity index (χ2n) is 6.08. The lowest BCUT2D eigenvalue weighted by Gasteiger charge is -2.14. The summed E-state index contributed by atoms with van der Waals surface area (Å²) in [7, 11) is 0. The number of pyridine rings is 1. The molecule has 0 saturated heterocycles. The number of aromatic nitrogens is 7. The van der Waals surface area contributed by atoms with E-state index in [1.807, 2.05) is 19.1 Å². The Balaban J connectivity index is 1.75. The summed E-state index contributed by atoms with van der Waals surface area (Å²) in [6, 6.07) is 3.93. The number of thioether (sulfide) groups is 1. The molecule has 1 amide bonds. The Bertz CT molecular complexity index is 1150. The molecule has 0 radical (unpaired) electrons. The van der Waals surface area contributed by atoms with Crippen molar-refractivity contribution in [1.82, 2.24) is 34.7 Å². The Labute approximate surface area is 157 Å². The number of hydrogen-bond donors (Lipinski definition) is 2. The average molecular weight is 378 g/mol. The van der Waals surface area contributed by atoms with E-state index in [1.165, 1.54) is 6.33 Å². The maximum Gasteiger partial charge on any atom is 0.235 e. The average Bonchev–Trinajstić information content (AvgIpc) is 3.23. The van der Waals surface area contributed by atoms with Crippen molar-refractivity contribution in [3.05, 3.63) is 54.0 Å². The van der Waals surface area contributed by atoms with Crippen LogP contribution in [0.2, 0.25) is 0 Å². The zero-order valence-corrected chi connectivity index (χ0v) is 15.1. The minimum atomic E-state index is -0.0751. The maximum atomic E-state index is 12.4. The fourth-order valence-corrected chi connectivity index (χ4v) is 4.44. The zero-order valence-electron chi connectivity index (χ0n) is 14.2. The van der Waals surface area contributed by atoms with Crippen molar-refractivity contribution in [3.63, 3.8) is 0 Å². The minimum absolute atomic E-state index is 0.0326. The third-order valence-corrected chi connectivity index (χ3v) is 5.69. The molecule has 0 saturated carbocycles. The fourth-order valence-electron chi connectivity index (χ4n) is 3.25. The van der Waals surface area contributed by atoms with E-state index in [1.54, 1.807) is 35.2 Å². The number of nitrogens with one attached hydrogen (secondary N) is 2. The SMILES string of the molecule is Cc1nn(-c2ncnc3nc[nH]c23)c2c1[C@H](c1ccncc1)SCC(=O)N2. The van der Waals surface area contributed by atoms with Gasteiger partial charge in [0.05, 0.1) is 23.0 Å². The summed E-state index contributed by atoms with van der Waals surface area (Å²) in [5, 5.41) is 7.64. The number of aryl methyl sites for hydroxylation is 1. The second kappa shape index (κ2) is 6.16. The standard InChI is InChI=1S/C17H14N8OS/c1-9-12-14(10-2-4-18-5-3-10)27-6-11(26)23-16(12)25(24-9)17-13-15(20-7-19-13)21-8-22-17/h2-5,7-8,14H,6H2,1H3,(H,23,26)(H,19,20,21,22)/t14-/m0/s1. The number of aromatic amines is 1. The van der Waals surface area contributed by atoms with Crippen molar-refractivity contribution in [2.45, 2.75) is 12.2 Å². The highest BCUT2D eigenvalue weighted by atomic mass is 32.2. The molecule has 0 aliphatic carbocycles. The van der Waals surface area contributed by atoms with E-state index in [9.17, 15) is 4.79 Å². The molecule has 4 aromatic rings. The van der Waals surface area contributed by atoms with E-state index < -0.39 is 0 Å². The van der Waals surface area contributed by atoms with Crippen LogP contribution < -0.4 is 5.32 Å². The largest absolute Gasteiger partial charge is 0.340 e. The highest BCUT2D eigenvalue weighted by Crippen LogP contribution is 2.43. The van der Waals surface area contributed by atoms with E-state index in [2.05, 4.69) is 35.3 Å². The molecule has 0 spiro atoms. The minimum Gasteiger partial charge on any atom is -0.340 e. The molecule has 0 bridgehead atoms. The topological polar surface area (TPSA) is 114 Å². The molecular weight excluding hydrogens is 364 g/mol. The third kappa shape index (κ3) is 2.56. The number of hydrogen-bond acceptors (Lipinski definition) is 7. The molecule has 0 unspecified atom stereocenters. The predicted octanol–water partition coefficient (Wildman–Crippen LogP) is 2.02. The number of nitrogens with zero attached hydrogens (tertiary/aromatic N) is 6. The van der Waals surface area contributed by atoms with Crippen molar-refractivity contribution in [1.29, 1.82) is 0 Å². The van der Waals surface area contributed by atoms with E-state index in [4.69, 9.17) is 0 Å². The summed E-state index contributed by atoms with van der Waals surface area (Å²) >= 11 is 1.57. The van der Waals surface area contributed by atoms with Gasteiger partial charge in [-0.2, -0.15) is 9.78 Å². The van der Waals surface area contributed by atoms with Crippen LogP contribution in [0.25, 0.3) is 17.0 Å². The number of H-pyrrole nitrogens is 1. The summed E-state index contributed by atoms with van der Waals surface area (Å²) in [5.74, 6) is 1.44. The summed E-state index contributed by atoms with van der Waals surface area (Å²) in [4.78, 5) is 32.2. The van der Waals surface area contributed by atoms with Crippen LogP contribution >= 0.6 is 11.8 Å². The molecule has 10 heteroatoms. The van der Waals surface area contributed by atoms with E-state index in [-0.39, 0.29) is 11.2 Å². The summed E-state index contributed by atoms with van der Waals surface area (Å²) in [5.41, 5.74) is 4.07. The number of imidazole rings is 1. The Morgan fingerprint density at radius 3 is 2.93 bits per heavy atom. The van der Waals surface area contributed by atoms with E-state index >= 15 is 0 Å². The fraction of sp³-hybridized carbons (Fsp3) is 0.176. The van der Waals surface area contributed by atoms with Crippen molar-refractivity contribution >= 4 is 34.7 Å². The van der Waals surface area contributed by atoms with Gasteiger partial charge >= 0.3 is 0 Å². The normalized spacial score (nSPS) is 16.8. The highest BCUT2D eigenvalue weighted by Gasteiger charge is 2.31. The van der Waals surface area contributed by atoms with Crippen molar-refractivity contribution < 1.29 is 4.79 Å². The van der Waals surface area contributed by atoms with Gasteiger partial charge in [-0.1, -0.05) is 0 Å². The number of anilines is 1. The van der Waals surface area contributed by atoms with Gasteiger partial charge in [0.25, 0.3) is 0 Å².